The topological polar surface area (TPSA) is 48.7 Å². The Balaban J connectivity index is 2.29. The molecule has 7 heteroatoms. The molecule has 146 valence electrons. The summed E-state index contributed by atoms with van der Waals surface area (Å²) in [6, 6.07) is 10.1. The Labute approximate surface area is 158 Å². The summed E-state index contributed by atoms with van der Waals surface area (Å²) in [5.74, 6) is -0.968. The van der Waals surface area contributed by atoms with Crippen LogP contribution in [0.25, 0.3) is 22.1 Å². The second-order valence-electron chi connectivity index (χ2n) is 6.24. The van der Waals surface area contributed by atoms with E-state index in [4.69, 9.17) is 13.9 Å². The number of hydrogen-bond donors (Lipinski definition) is 0. The van der Waals surface area contributed by atoms with Gasteiger partial charge in [-0.05, 0) is 30.7 Å². The molecular weight excluding hydrogens is 373 g/mol. The molecule has 3 aromatic rings. The molecule has 0 fully saturated rings. The summed E-state index contributed by atoms with van der Waals surface area (Å²) in [5.41, 5.74) is -0.854. The lowest BCUT2D eigenvalue weighted by molar-refractivity contribution is -0.152. The number of para-hydroxylation sites is 1. The van der Waals surface area contributed by atoms with Crippen LogP contribution in [0, 0.1) is 0 Å². The van der Waals surface area contributed by atoms with E-state index in [2.05, 4.69) is 6.58 Å². The van der Waals surface area contributed by atoms with Gasteiger partial charge in [-0.2, -0.15) is 13.2 Å². The van der Waals surface area contributed by atoms with Crippen molar-refractivity contribution in [2.75, 3.05) is 13.7 Å². The van der Waals surface area contributed by atoms with Gasteiger partial charge >= 0.3 is 6.18 Å². The Morgan fingerprint density at radius 1 is 1.18 bits per heavy atom. The molecule has 0 aliphatic heterocycles. The summed E-state index contributed by atoms with van der Waals surface area (Å²) in [4.78, 5) is 13.0. The van der Waals surface area contributed by atoms with Crippen molar-refractivity contribution in [1.29, 1.82) is 0 Å². The van der Waals surface area contributed by atoms with Crippen LogP contribution in [-0.4, -0.2) is 13.7 Å². The van der Waals surface area contributed by atoms with E-state index in [0.717, 1.165) is 5.57 Å². The van der Waals surface area contributed by atoms with Crippen molar-refractivity contribution in [2.45, 2.75) is 13.1 Å². The van der Waals surface area contributed by atoms with Crippen LogP contribution < -0.4 is 14.9 Å². The van der Waals surface area contributed by atoms with Gasteiger partial charge < -0.3 is 13.9 Å². The summed E-state index contributed by atoms with van der Waals surface area (Å²) in [6.45, 7) is 5.64. The van der Waals surface area contributed by atoms with Crippen molar-refractivity contribution in [1.82, 2.24) is 0 Å². The minimum atomic E-state index is -4.88. The van der Waals surface area contributed by atoms with Crippen LogP contribution >= 0.6 is 0 Å². The summed E-state index contributed by atoms with van der Waals surface area (Å²) >= 11 is 0. The van der Waals surface area contributed by atoms with Crippen LogP contribution in [0.3, 0.4) is 0 Å². The summed E-state index contributed by atoms with van der Waals surface area (Å²) in [7, 11) is 1.32. The maximum atomic E-state index is 13.7. The van der Waals surface area contributed by atoms with E-state index in [9.17, 15) is 18.0 Å². The SMILES string of the molecule is C=C(C)COc1ccc2c(=O)c(-c3ccccc3OC)c(C(F)(F)F)oc2c1. The normalized spacial score (nSPS) is 11.5. The van der Waals surface area contributed by atoms with Gasteiger partial charge in [0.25, 0.3) is 0 Å². The highest BCUT2D eigenvalue weighted by Gasteiger charge is 2.40. The standard InChI is InChI=1S/C21H17F3O4/c1-12(2)11-27-13-8-9-15-17(10-13)28-20(21(22,23)24)18(19(15)25)14-6-4-5-7-16(14)26-3/h4-10H,1,11H2,2-3H3. The first-order chi connectivity index (χ1) is 13.2. The largest absolute Gasteiger partial charge is 0.496 e. The first-order valence-corrected chi connectivity index (χ1v) is 8.31. The molecule has 0 amide bonds. The van der Waals surface area contributed by atoms with Crippen molar-refractivity contribution in [3.63, 3.8) is 0 Å². The first-order valence-electron chi connectivity index (χ1n) is 8.31. The van der Waals surface area contributed by atoms with Crippen molar-refractivity contribution in [2.24, 2.45) is 0 Å². The van der Waals surface area contributed by atoms with Crippen LogP contribution in [0.2, 0.25) is 0 Å². The van der Waals surface area contributed by atoms with Crippen LogP contribution in [0.4, 0.5) is 13.2 Å². The Morgan fingerprint density at radius 3 is 2.54 bits per heavy atom. The second kappa shape index (κ2) is 7.42. The molecule has 0 saturated carbocycles. The Bertz CT molecular complexity index is 1100. The van der Waals surface area contributed by atoms with E-state index >= 15 is 0 Å². The van der Waals surface area contributed by atoms with Gasteiger partial charge in [0, 0.05) is 11.6 Å². The molecule has 1 heterocycles. The average Bonchev–Trinajstić information content (AvgIpc) is 2.65. The zero-order valence-corrected chi connectivity index (χ0v) is 15.2. The van der Waals surface area contributed by atoms with Crippen LogP contribution in [0.1, 0.15) is 12.7 Å². The molecule has 0 saturated heterocycles. The summed E-state index contributed by atoms with van der Waals surface area (Å²) in [5, 5.41) is 0.0107. The first kappa shape index (κ1) is 19.5. The number of halogens is 3. The molecule has 0 bridgehead atoms. The zero-order valence-electron chi connectivity index (χ0n) is 15.2. The van der Waals surface area contributed by atoms with E-state index in [1.165, 1.54) is 43.5 Å². The van der Waals surface area contributed by atoms with E-state index in [-0.39, 0.29) is 34.6 Å². The summed E-state index contributed by atoms with van der Waals surface area (Å²) in [6.07, 6.45) is -4.88. The fourth-order valence-electron chi connectivity index (χ4n) is 2.77. The van der Waals surface area contributed by atoms with Crippen LogP contribution in [-0.2, 0) is 6.18 Å². The van der Waals surface area contributed by atoms with Gasteiger partial charge in [0.2, 0.25) is 11.2 Å². The third-order valence-electron chi connectivity index (χ3n) is 3.98. The lowest BCUT2D eigenvalue weighted by Gasteiger charge is -2.15. The number of benzene rings is 2. The maximum absolute atomic E-state index is 13.7. The molecule has 4 nitrogen and oxygen atoms in total. The molecule has 1 aromatic heterocycles. The third kappa shape index (κ3) is 3.74. The van der Waals surface area contributed by atoms with Gasteiger partial charge in [-0.25, -0.2) is 0 Å². The van der Waals surface area contributed by atoms with Gasteiger partial charge in [-0.3, -0.25) is 4.79 Å². The van der Waals surface area contributed by atoms with Gasteiger partial charge in [0.15, 0.2) is 0 Å². The molecule has 0 radical (unpaired) electrons. The predicted octanol–water partition coefficient (Wildman–Crippen LogP) is 5.44. The molecule has 0 atom stereocenters. The Hall–Kier alpha value is -3.22. The molecule has 3 rings (SSSR count). The molecule has 0 N–H and O–H groups in total. The van der Waals surface area contributed by atoms with Crippen LogP contribution in [0.15, 0.2) is 63.8 Å². The molecule has 28 heavy (non-hydrogen) atoms. The molecule has 2 aromatic carbocycles. The number of methoxy groups -OCH3 is 1. The monoisotopic (exact) mass is 390 g/mol. The number of ether oxygens (including phenoxy) is 2. The number of hydrogen-bond acceptors (Lipinski definition) is 4. The van der Waals surface area contributed by atoms with Gasteiger partial charge in [0.1, 0.15) is 23.7 Å². The highest BCUT2D eigenvalue weighted by Crippen LogP contribution is 2.40. The molecule has 0 unspecified atom stereocenters. The highest BCUT2D eigenvalue weighted by molar-refractivity contribution is 5.85. The summed E-state index contributed by atoms with van der Waals surface area (Å²) < 4.78 is 56.9. The maximum Gasteiger partial charge on any atom is 0.450 e. The minimum absolute atomic E-state index is 0.00980. The zero-order chi connectivity index (χ0) is 20.5. The van der Waals surface area contributed by atoms with E-state index in [0.29, 0.717) is 0 Å². The number of alkyl halides is 3. The van der Waals surface area contributed by atoms with Gasteiger partial charge in [-0.1, -0.05) is 24.8 Å². The lowest BCUT2D eigenvalue weighted by atomic mass is 10.0. The average molecular weight is 390 g/mol. The minimum Gasteiger partial charge on any atom is -0.496 e. The van der Waals surface area contributed by atoms with Crippen molar-refractivity contribution >= 4 is 11.0 Å². The fourth-order valence-corrected chi connectivity index (χ4v) is 2.77. The van der Waals surface area contributed by atoms with Gasteiger partial charge in [0.05, 0.1) is 18.1 Å². The molecule has 0 spiro atoms. The third-order valence-corrected chi connectivity index (χ3v) is 3.98. The number of rotatable bonds is 5. The van der Waals surface area contributed by atoms with Crippen LogP contribution in [0.5, 0.6) is 11.5 Å². The molecule has 0 aliphatic carbocycles. The van der Waals surface area contributed by atoms with Crippen molar-refractivity contribution < 1.29 is 27.1 Å². The lowest BCUT2D eigenvalue weighted by Crippen LogP contribution is -2.16. The van der Waals surface area contributed by atoms with E-state index in [1.54, 1.807) is 13.0 Å². The number of fused-ring (bicyclic) bond motifs is 1. The second-order valence-corrected chi connectivity index (χ2v) is 6.24. The highest BCUT2D eigenvalue weighted by atomic mass is 19.4. The predicted molar refractivity (Wildman–Crippen MR) is 99.8 cm³/mol. The molecule has 0 aliphatic rings. The molecular formula is C21H17F3O4. The quantitative estimate of drug-likeness (QED) is 0.544. The van der Waals surface area contributed by atoms with E-state index < -0.39 is 22.9 Å². The van der Waals surface area contributed by atoms with Gasteiger partial charge in [-0.15, -0.1) is 0 Å². The van der Waals surface area contributed by atoms with Crippen molar-refractivity contribution in [3.8, 4) is 22.6 Å². The fraction of sp³-hybridized carbons (Fsp3) is 0.190. The van der Waals surface area contributed by atoms with E-state index in [1.807, 2.05) is 0 Å². The Kier molecular flexibility index (Phi) is 5.18. The van der Waals surface area contributed by atoms with Crippen molar-refractivity contribution in [3.05, 3.63) is 70.6 Å². The smallest absolute Gasteiger partial charge is 0.450 e. The Morgan fingerprint density at radius 2 is 1.89 bits per heavy atom.